The van der Waals surface area contributed by atoms with Gasteiger partial charge in [0.1, 0.15) is 0 Å². The zero-order chi connectivity index (χ0) is 29.8. The Labute approximate surface area is 238 Å². The van der Waals surface area contributed by atoms with Crippen LogP contribution < -0.4 is 33.8 Å². The van der Waals surface area contributed by atoms with E-state index >= 15 is 0 Å². The molecule has 0 spiro atoms. The highest BCUT2D eigenvalue weighted by molar-refractivity contribution is 7.07. The first-order chi connectivity index (χ1) is 19.6. The van der Waals surface area contributed by atoms with E-state index in [2.05, 4.69) is 4.99 Å². The molecule has 3 aromatic rings. The molecule has 0 amide bonds. The maximum Gasteiger partial charge on any atom is 0.338 e. The highest BCUT2D eigenvalue weighted by atomic mass is 32.1. The van der Waals surface area contributed by atoms with Gasteiger partial charge in [0.25, 0.3) is 5.56 Å². The third-order valence-electron chi connectivity index (χ3n) is 6.01. The van der Waals surface area contributed by atoms with Crippen molar-refractivity contribution in [3.8, 4) is 23.0 Å². The number of hydrogen-bond acceptors (Lipinski definition) is 11. The van der Waals surface area contributed by atoms with Gasteiger partial charge < -0.3 is 23.7 Å². The number of thiazole rings is 1. The molecule has 0 saturated carbocycles. The summed E-state index contributed by atoms with van der Waals surface area (Å²) in [5, 5.41) is 0. The fourth-order valence-corrected chi connectivity index (χ4v) is 5.41. The number of esters is 3. The highest BCUT2D eigenvalue weighted by Gasteiger charge is 2.34. The summed E-state index contributed by atoms with van der Waals surface area (Å²) in [4.78, 5) is 54.9. The molecule has 0 saturated heterocycles. The molecule has 0 unspecified atom stereocenters. The smallest absolute Gasteiger partial charge is 0.338 e. The summed E-state index contributed by atoms with van der Waals surface area (Å²) in [5.74, 6) is -0.612. The lowest BCUT2D eigenvalue weighted by atomic mass is 9.95. The van der Waals surface area contributed by atoms with Gasteiger partial charge in [0.15, 0.2) is 27.8 Å². The van der Waals surface area contributed by atoms with Crippen LogP contribution in [0.2, 0.25) is 0 Å². The van der Waals surface area contributed by atoms with Crippen LogP contribution in [0.4, 0.5) is 0 Å². The van der Waals surface area contributed by atoms with Gasteiger partial charge in [-0.15, -0.1) is 0 Å². The molecule has 11 nitrogen and oxygen atoms in total. The number of hydrogen-bond donors (Lipinski definition) is 0. The number of nitrogens with zero attached hydrogens (tertiary/aromatic N) is 2. The van der Waals surface area contributed by atoms with Crippen molar-refractivity contribution in [1.29, 1.82) is 0 Å². The van der Waals surface area contributed by atoms with Gasteiger partial charge in [-0.2, -0.15) is 0 Å². The Morgan fingerprint density at radius 3 is 2.15 bits per heavy atom. The fourth-order valence-electron chi connectivity index (χ4n) is 4.36. The van der Waals surface area contributed by atoms with Crippen LogP contribution in [0.25, 0.3) is 6.08 Å². The third-order valence-corrected chi connectivity index (χ3v) is 7.00. The van der Waals surface area contributed by atoms with E-state index in [-0.39, 0.29) is 35.0 Å². The largest absolute Gasteiger partial charge is 0.493 e. The predicted molar refractivity (Wildman–Crippen MR) is 149 cm³/mol. The lowest BCUT2D eigenvalue weighted by Gasteiger charge is -2.25. The molecular formula is C29H28N2O9S. The second kappa shape index (κ2) is 12.2. The molecule has 4 rings (SSSR count). The van der Waals surface area contributed by atoms with Crippen LogP contribution in [0, 0.1) is 0 Å². The molecule has 2 heterocycles. The maximum absolute atomic E-state index is 13.9. The minimum atomic E-state index is -0.895. The molecule has 12 heteroatoms. The number of methoxy groups -OCH3 is 2. The van der Waals surface area contributed by atoms with Crippen molar-refractivity contribution in [3.63, 3.8) is 0 Å². The van der Waals surface area contributed by atoms with Gasteiger partial charge in [0.05, 0.1) is 42.7 Å². The van der Waals surface area contributed by atoms with Gasteiger partial charge in [-0.1, -0.05) is 23.5 Å². The van der Waals surface area contributed by atoms with Crippen molar-refractivity contribution in [2.24, 2.45) is 4.99 Å². The SMILES string of the molecule is CCOC(=O)C1=C(C)N=c2sc(=Cc3ccc(OC(C)=O)c(OC)c3)c(=O)n2[C@@H]1c1ccc(OC(C)=O)c(OC)c1. The minimum absolute atomic E-state index is 0.132. The first kappa shape index (κ1) is 29.3. The number of carbonyl (C=O) groups excluding carboxylic acids is 3. The Hall–Kier alpha value is -4.71. The molecule has 0 aliphatic carbocycles. The molecule has 0 N–H and O–H groups in total. The average Bonchev–Trinajstić information content (AvgIpc) is 3.22. The summed E-state index contributed by atoms with van der Waals surface area (Å²) >= 11 is 1.15. The molecule has 1 atom stereocenters. The minimum Gasteiger partial charge on any atom is -0.493 e. The Morgan fingerprint density at radius 2 is 1.56 bits per heavy atom. The molecule has 0 fully saturated rings. The lowest BCUT2D eigenvalue weighted by molar-refractivity contribution is -0.139. The number of rotatable bonds is 8. The van der Waals surface area contributed by atoms with E-state index in [0.717, 1.165) is 11.3 Å². The molecule has 214 valence electrons. The summed E-state index contributed by atoms with van der Waals surface area (Å²) < 4.78 is 28.3. The monoisotopic (exact) mass is 580 g/mol. The molecule has 0 bridgehead atoms. The van der Waals surface area contributed by atoms with Crippen LogP contribution in [-0.4, -0.2) is 43.3 Å². The number of carbonyl (C=O) groups is 3. The average molecular weight is 581 g/mol. The van der Waals surface area contributed by atoms with Gasteiger partial charge in [-0.3, -0.25) is 19.0 Å². The molecule has 2 aromatic carbocycles. The fraction of sp³-hybridized carbons (Fsp3) is 0.276. The van der Waals surface area contributed by atoms with Crippen molar-refractivity contribution >= 4 is 35.3 Å². The van der Waals surface area contributed by atoms with E-state index in [1.807, 2.05) is 0 Å². The van der Waals surface area contributed by atoms with Crippen LogP contribution in [0.15, 0.2) is 57.5 Å². The lowest BCUT2D eigenvalue weighted by Crippen LogP contribution is -2.40. The zero-order valence-electron chi connectivity index (χ0n) is 23.3. The second-order valence-electron chi connectivity index (χ2n) is 8.81. The first-order valence-electron chi connectivity index (χ1n) is 12.5. The third kappa shape index (κ3) is 6.07. The Kier molecular flexibility index (Phi) is 8.72. The predicted octanol–water partition coefficient (Wildman–Crippen LogP) is 2.67. The van der Waals surface area contributed by atoms with E-state index in [4.69, 9.17) is 23.7 Å². The van der Waals surface area contributed by atoms with Crippen molar-refractivity contribution in [2.75, 3.05) is 20.8 Å². The van der Waals surface area contributed by atoms with Crippen LogP contribution in [0.3, 0.4) is 0 Å². The Morgan fingerprint density at radius 1 is 0.951 bits per heavy atom. The molecule has 0 radical (unpaired) electrons. The summed E-state index contributed by atoms with van der Waals surface area (Å²) in [5.41, 5.74) is 1.35. The van der Waals surface area contributed by atoms with Crippen LogP contribution in [0.1, 0.15) is 44.9 Å². The topological polar surface area (TPSA) is 132 Å². The van der Waals surface area contributed by atoms with E-state index in [9.17, 15) is 19.2 Å². The zero-order valence-corrected chi connectivity index (χ0v) is 24.1. The number of fused-ring (bicyclic) bond motifs is 1. The van der Waals surface area contributed by atoms with Crippen LogP contribution in [-0.2, 0) is 19.1 Å². The Bertz CT molecular complexity index is 1750. The number of ether oxygens (including phenoxy) is 5. The normalized spacial score (nSPS) is 14.6. The summed E-state index contributed by atoms with van der Waals surface area (Å²) in [6.45, 7) is 6.06. The highest BCUT2D eigenvalue weighted by Crippen LogP contribution is 2.36. The molecule has 1 aliphatic heterocycles. The first-order valence-corrected chi connectivity index (χ1v) is 13.3. The number of allylic oxidation sites excluding steroid dienone is 1. The van der Waals surface area contributed by atoms with Gasteiger partial charge in [0.2, 0.25) is 0 Å². The Balaban J connectivity index is 1.91. The number of benzene rings is 2. The van der Waals surface area contributed by atoms with Gasteiger partial charge in [0, 0.05) is 13.8 Å². The van der Waals surface area contributed by atoms with E-state index in [1.54, 1.807) is 56.3 Å². The van der Waals surface area contributed by atoms with Crippen molar-refractivity contribution in [1.82, 2.24) is 4.57 Å². The van der Waals surface area contributed by atoms with Crippen LogP contribution >= 0.6 is 11.3 Å². The molecule has 1 aromatic heterocycles. The van der Waals surface area contributed by atoms with E-state index in [0.29, 0.717) is 31.9 Å². The summed E-state index contributed by atoms with van der Waals surface area (Å²) in [6.07, 6.45) is 1.66. The van der Waals surface area contributed by atoms with Crippen LogP contribution in [0.5, 0.6) is 23.0 Å². The van der Waals surface area contributed by atoms with E-state index in [1.165, 1.54) is 32.6 Å². The maximum atomic E-state index is 13.9. The second-order valence-corrected chi connectivity index (χ2v) is 9.82. The summed E-state index contributed by atoms with van der Waals surface area (Å²) in [7, 11) is 2.87. The van der Waals surface area contributed by atoms with Gasteiger partial charge >= 0.3 is 17.9 Å². The molecule has 41 heavy (non-hydrogen) atoms. The van der Waals surface area contributed by atoms with E-state index < -0.39 is 23.9 Å². The van der Waals surface area contributed by atoms with Gasteiger partial charge in [-0.25, -0.2) is 9.79 Å². The number of aromatic nitrogens is 1. The molecule has 1 aliphatic rings. The molecular weight excluding hydrogens is 552 g/mol. The van der Waals surface area contributed by atoms with Crippen molar-refractivity contribution in [2.45, 2.75) is 33.7 Å². The standard InChI is InChI=1S/C29H28N2O9S/c1-7-38-28(35)25-15(2)30-29-31(26(25)19-9-11-21(40-17(4)33)23(14-19)37-6)27(34)24(41-29)13-18-8-10-20(39-16(3)32)22(12-18)36-5/h8-14,26H,7H2,1-6H3/t26-/m1/s1. The van der Waals surface area contributed by atoms with Gasteiger partial charge in [-0.05, 0) is 55.3 Å². The van der Waals surface area contributed by atoms with Crippen molar-refractivity contribution < 1.29 is 38.1 Å². The van der Waals surface area contributed by atoms with Crippen molar-refractivity contribution in [3.05, 3.63) is 78.5 Å². The quantitative estimate of drug-likeness (QED) is 0.291. The summed E-state index contributed by atoms with van der Waals surface area (Å²) in [6, 6.07) is 8.81.